The van der Waals surface area contributed by atoms with E-state index in [2.05, 4.69) is 18.3 Å². The van der Waals surface area contributed by atoms with Gasteiger partial charge in [0.05, 0.1) is 36.3 Å². The lowest BCUT2D eigenvalue weighted by molar-refractivity contribution is -0.133. The molecule has 5 rings (SSSR count). The Balaban J connectivity index is 1.71. The van der Waals surface area contributed by atoms with E-state index in [1.165, 1.54) is 5.57 Å². The molecule has 3 aromatic rings. The Morgan fingerprint density at radius 3 is 2.73 bits per heavy atom. The maximum atomic E-state index is 13.2. The number of ether oxygens (including phenoxy) is 1. The van der Waals surface area contributed by atoms with Gasteiger partial charge < -0.3 is 9.64 Å². The van der Waals surface area contributed by atoms with Crippen molar-refractivity contribution in [1.29, 1.82) is 0 Å². The number of hydrogen-bond acceptors (Lipinski definition) is 5. The van der Waals surface area contributed by atoms with Gasteiger partial charge in [0.1, 0.15) is 0 Å². The van der Waals surface area contributed by atoms with Gasteiger partial charge >= 0.3 is 0 Å². The number of aryl methyl sites for hydroxylation is 3. The second kappa shape index (κ2) is 8.17. The molecule has 172 valence electrons. The number of aromatic nitrogens is 5. The van der Waals surface area contributed by atoms with Gasteiger partial charge in [-0.1, -0.05) is 6.08 Å². The Morgan fingerprint density at radius 1 is 1.15 bits per heavy atom. The van der Waals surface area contributed by atoms with Crippen LogP contribution in [0.25, 0.3) is 16.7 Å². The maximum absolute atomic E-state index is 13.2. The van der Waals surface area contributed by atoms with Crippen LogP contribution < -0.4 is 4.74 Å². The summed E-state index contributed by atoms with van der Waals surface area (Å²) in [6.45, 7) is 7.26. The van der Waals surface area contributed by atoms with Crippen LogP contribution in [-0.4, -0.2) is 48.5 Å². The SMILES string of the molecule is COc1c2c(nn1C)CN(C(C)C)C(=O)CCCn1cc(c(C)n1)C1=CCc3ncc-2cc31. The molecule has 4 bridgehead atoms. The van der Waals surface area contributed by atoms with Gasteiger partial charge in [0.15, 0.2) is 0 Å². The van der Waals surface area contributed by atoms with Crippen LogP contribution >= 0.6 is 0 Å². The minimum Gasteiger partial charge on any atom is -0.481 e. The standard InChI is InChI=1S/C25H30N6O2/c1-15(2)31-14-22-24(25(33-5)29(4)28-22)17-11-19-18(8-9-21(19)26-12-17)20-13-30(27-16(20)3)10-6-7-23(31)32/h8,11-13,15H,6-7,9-10,14H2,1-5H3. The summed E-state index contributed by atoms with van der Waals surface area (Å²) in [6.07, 6.45) is 8.24. The number of allylic oxidation sites excluding steroid dienone is 1. The summed E-state index contributed by atoms with van der Waals surface area (Å²) in [5.74, 6) is 0.787. The minimum absolute atomic E-state index is 0.0558. The fourth-order valence-corrected chi connectivity index (χ4v) is 4.94. The molecule has 0 atom stereocenters. The quantitative estimate of drug-likeness (QED) is 0.602. The summed E-state index contributed by atoms with van der Waals surface area (Å²) in [5, 5.41) is 9.48. The fourth-order valence-electron chi connectivity index (χ4n) is 4.94. The Hall–Kier alpha value is -3.42. The molecule has 0 radical (unpaired) electrons. The van der Waals surface area contributed by atoms with E-state index in [4.69, 9.17) is 19.9 Å². The van der Waals surface area contributed by atoms with Crippen LogP contribution in [0.15, 0.2) is 24.5 Å². The summed E-state index contributed by atoms with van der Waals surface area (Å²) in [6, 6.07) is 2.24. The second-order valence-electron chi connectivity index (χ2n) is 9.10. The first-order chi connectivity index (χ1) is 15.9. The Labute approximate surface area is 193 Å². The van der Waals surface area contributed by atoms with Crippen molar-refractivity contribution < 1.29 is 9.53 Å². The molecule has 4 heterocycles. The van der Waals surface area contributed by atoms with Gasteiger partial charge in [0, 0.05) is 61.6 Å². The highest BCUT2D eigenvalue weighted by molar-refractivity contribution is 5.87. The van der Waals surface area contributed by atoms with E-state index in [9.17, 15) is 4.79 Å². The third-order valence-electron chi connectivity index (χ3n) is 6.59. The van der Waals surface area contributed by atoms with E-state index < -0.39 is 0 Å². The molecule has 8 heteroatoms. The molecule has 0 saturated carbocycles. The van der Waals surface area contributed by atoms with Crippen LogP contribution in [0.4, 0.5) is 0 Å². The molecule has 0 unspecified atom stereocenters. The lowest BCUT2D eigenvalue weighted by Gasteiger charge is -2.26. The molecule has 33 heavy (non-hydrogen) atoms. The van der Waals surface area contributed by atoms with E-state index in [1.54, 1.807) is 11.8 Å². The number of nitrogens with zero attached hydrogens (tertiary/aromatic N) is 6. The van der Waals surface area contributed by atoms with Crippen molar-refractivity contribution in [1.82, 2.24) is 29.4 Å². The fraction of sp³-hybridized carbons (Fsp3) is 0.440. The molecule has 2 aliphatic rings. The number of rotatable bonds is 2. The highest BCUT2D eigenvalue weighted by Gasteiger charge is 2.27. The van der Waals surface area contributed by atoms with E-state index >= 15 is 0 Å². The molecule has 3 aromatic heterocycles. The van der Waals surface area contributed by atoms with Gasteiger partial charge in [-0.05, 0) is 38.8 Å². The van der Waals surface area contributed by atoms with Crippen LogP contribution in [0.2, 0.25) is 0 Å². The van der Waals surface area contributed by atoms with Crippen LogP contribution in [0.3, 0.4) is 0 Å². The maximum Gasteiger partial charge on any atom is 0.223 e. The predicted molar refractivity (Wildman–Crippen MR) is 126 cm³/mol. The zero-order chi connectivity index (χ0) is 23.3. The van der Waals surface area contributed by atoms with Gasteiger partial charge in [0.25, 0.3) is 0 Å². The molecule has 0 aromatic carbocycles. The lowest BCUT2D eigenvalue weighted by atomic mass is 9.98. The monoisotopic (exact) mass is 446 g/mol. The van der Waals surface area contributed by atoms with Crippen molar-refractivity contribution in [3.05, 3.63) is 52.7 Å². The number of carbonyl (C=O) groups excluding carboxylic acids is 1. The normalized spacial score (nSPS) is 15.9. The van der Waals surface area contributed by atoms with E-state index in [0.717, 1.165) is 52.2 Å². The first kappa shape index (κ1) is 21.4. The number of carbonyl (C=O) groups is 1. The van der Waals surface area contributed by atoms with Crippen LogP contribution in [-0.2, 0) is 31.4 Å². The van der Waals surface area contributed by atoms with Crippen molar-refractivity contribution in [3.8, 4) is 17.0 Å². The molecule has 1 aliphatic heterocycles. The smallest absolute Gasteiger partial charge is 0.223 e. The van der Waals surface area contributed by atoms with Crippen LogP contribution in [0, 0.1) is 6.92 Å². The lowest BCUT2D eigenvalue weighted by Crippen LogP contribution is -2.36. The van der Waals surface area contributed by atoms with E-state index in [1.807, 2.05) is 43.6 Å². The Kier molecular flexibility index (Phi) is 5.31. The topological polar surface area (TPSA) is 78.1 Å². The third kappa shape index (κ3) is 3.63. The van der Waals surface area contributed by atoms with Gasteiger partial charge in [0.2, 0.25) is 11.8 Å². The highest BCUT2D eigenvalue weighted by atomic mass is 16.5. The minimum atomic E-state index is 0.0558. The highest BCUT2D eigenvalue weighted by Crippen LogP contribution is 2.39. The first-order valence-electron chi connectivity index (χ1n) is 11.5. The summed E-state index contributed by atoms with van der Waals surface area (Å²) >= 11 is 0. The summed E-state index contributed by atoms with van der Waals surface area (Å²) in [5.41, 5.74) is 8.12. The largest absolute Gasteiger partial charge is 0.481 e. The molecular formula is C25H30N6O2. The van der Waals surface area contributed by atoms with Crippen LogP contribution in [0.5, 0.6) is 5.88 Å². The van der Waals surface area contributed by atoms with Crippen molar-refractivity contribution in [2.45, 2.75) is 59.2 Å². The molecule has 0 fully saturated rings. The van der Waals surface area contributed by atoms with Crippen molar-refractivity contribution in [3.63, 3.8) is 0 Å². The molecule has 0 saturated heterocycles. The zero-order valence-corrected chi connectivity index (χ0v) is 19.9. The van der Waals surface area contributed by atoms with E-state index in [-0.39, 0.29) is 11.9 Å². The van der Waals surface area contributed by atoms with Crippen molar-refractivity contribution in [2.24, 2.45) is 7.05 Å². The molecule has 1 amide bonds. The number of pyridine rings is 1. The zero-order valence-electron chi connectivity index (χ0n) is 19.9. The molecular weight excluding hydrogens is 416 g/mol. The van der Waals surface area contributed by atoms with Crippen molar-refractivity contribution in [2.75, 3.05) is 7.11 Å². The average molecular weight is 447 g/mol. The molecule has 1 aliphatic carbocycles. The first-order valence-corrected chi connectivity index (χ1v) is 11.5. The van der Waals surface area contributed by atoms with Gasteiger partial charge in [-0.2, -0.15) is 10.2 Å². The third-order valence-corrected chi connectivity index (χ3v) is 6.59. The summed E-state index contributed by atoms with van der Waals surface area (Å²) < 4.78 is 9.46. The number of amides is 1. The summed E-state index contributed by atoms with van der Waals surface area (Å²) in [7, 11) is 3.53. The average Bonchev–Trinajstić information content (AvgIpc) is 3.44. The number of hydrogen-bond donors (Lipinski definition) is 0. The summed E-state index contributed by atoms with van der Waals surface area (Å²) in [4.78, 5) is 19.9. The Morgan fingerprint density at radius 2 is 1.97 bits per heavy atom. The van der Waals surface area contributed by atoms with Gasteiger partial charge in [-0.15, -0.1) is 0 Å². The van der Waals surface area contributed by atoms with Gasteiger partial charge in [-0.25, -0.2) is 4.68 Å². The number of fused-ring (bicyclic) bond motifs is 6. The van der Waals surface area contributed by atoms with Gasteiger partial charge in [-0.3, -0.25) is 14.5 Å². The predicted octanol–water partition coefficient (Wildman–Crippen LogP) is 3.51. The van der Waals surface area contributed by atoms with E-state index in [0.29, 0.717) is 25.4 Å². The Bertz CT molecular complexity index is 1270. The molecule has 8 nitrogen and oxygen atoms in total. The molecule has 0 spiro atoms. The van der Waals surface area contributed by atoms with Crippen LogP contribution in [0.1, 0.15) is 54.9 Å². The van der Waals surface area contributed by atoms with Crippen molar-refractivity contribution >= 4 is 11.5 Å². The number of methoxy groups -OCH3 is 1. The molecule has 0 N–H and O–H groups in total. The second-order valence-corrected chi connectivity index (χ2v) is 9.10.